The maximum atomic E-state index is 5.55. The normalized spacial score (nSPS) is 11.7. The second-order valence-electron chi connectivity index (χ2n) is 3.20. The first-order chi connectivity index (χ1) is 7.76. The summed E-state index contributed by atoms with van der Waals surface area (Å²) in [4.78, 5) is 0. The van der Waals surface area contributed by atoms with Gasteiger partial charge in [0.25, 0.3) is 0 Å². The fourth-order valence-corrected chi connectivity index (χ4v) is 2.57. The van der Waals surface area contributed by atoms with Gasteiger partial charge < -0.3 is 17.7 Å². The summed E-state index contributed by atoms with van der Waals surface area (Å²) in [5.41, 5.74) is 1.22. The first-order valence-corrected chi connectivity index (χ1v) is 6.73. The molecule has 0 bridgehead atoms. The van der Waals surface area contributed by atoms with Crippen LogP contribution in [0.5, 0.6) is 0 Å². The van der Waals surface area contributed by atoms with Gasteiger partial charge in [0.1, 0.15) is 0 Å². The summed E-state index contributed by atoms with van der Waals surface area (Å²) in [6, 6.07) is 10.1. The van der Waals surface area contributed by atoms with Gasteiger partial charge in [-0.1, -0.05) is 30.3 Å². The Morgan fingerprint density at radius 3 is 2.00 bits per heavy atom. The Kier molecular flexibility index (Phi) is 5.65. The van der Waals surface area contributed by atoms with E-state index < -0.39 is 9.05 Å². The van der Waals surface area contributed by atoms with Gasteiger partial charge in [-0.3, -0.25) is 0 Å². The fraction of sp³-hybridized carbons (Fsp3) is 0.455. The quantitative estimate of drug-likeness (QED) is 0.681. The van der Waals surface area contributed by atoms with Crippen LogP contribution in [0.2, 0.25) is 0 Å². The number of rotatable bonds is 7. The molecule has 0 N–H and O–H groups in total. The van der Waals surface area contributed by atoms with Crippen LogP contribution in [-0.2, 0) is 24.1 Å². The zero-order valence-corrected chi connectivity index (χ0v) is 10.9. The van der Waals surface area contributed by atoms with E-state index >= 15 is 0 Å². The van der Waals surface area contributed by atoms with Crippen molar-refractivity contribution in [1.82, 2.24) is 0 Å². The van der Waals surface area contributed by atoms with Crippen molar-refractivity contribution in [2.45, 2.75) is 6.42 Å². The highest BCUT2D eigenvalue weighted by Crippen LogP contribution is 2.09. The van der Waals surface area contributed by atoms with E-state index in [-0.39, 0.29) is 0 Å². The van der Waals surface area contributed by atoms with Gasteiger partial charge in [-0.25, -0.2) is 0 Å². The van der Waals surface area contributed by atoms with Crippen LogP contribution >= 0.6 is 0 Å². The van der Waals surface area contributed by atoms with Gasteiger partial charge in [0.2, 0.25) is 0 Å². The van der Waals surface area contributed by atoms with Gasteiger partial charge in [0, 0.05) is 27.9 Å². The van der Waals surface area contributed by atoms with E-state index in [0.717, 1.165) is 6.42 Å². The second kappa shape index (κ2) is 6.77. The van der Waals surface area contributed by atoms with E-state index in [1.165, 1.54) is 26.9 Å². The monoisotopic (exact) mass is 242 g/mol. The molecular formula is C11H18O4Si. The molecule has 1 rings (SSSR count). The number of hydrogen-bond donors (Lipinski definition) is 0. The zero-order chi connectivity index (χ0) is 11.9. The van der Waals surface area contributed by atoms with E-state index in [9.17, 15) is 0 Å². The molecule has 0 fully saturated rings. The van der Waals surface area contributed by atoms with Crippen LogP contribution in [0.4, 0.5) is 0 Å². The summed E-state index contributed by atoms with van der Waals surface area (Å²) in [5.74, 6) is 0. The third kappa shape index (κ3) is 3.69. The molecule has 0 aliphatic carbocycles. The molecule has 0 saturated carbocycles. The molecule has 5 heteroatoms. The molecule has 0 atom stereocenters. The van der Waals surface area contributed by atoms with Crippen molar-refractivity contribution in [3.8, 4) is 0 Å². The van der Waals surface area contributed by atoms with E-state index in [4.69, 9.17) is 17.7 Å². The van der Waals surface area contributed by atoms with Crippen molar-refractivity contribution in [2.24, 2.45) is 0 Å². The lowest BCUT2D eigenvalue weighted by molar-refractivity contribution is 0.00672. The summed E-state index contributed by atoms with van der Waals surface area (Å²) in [6.07, 6.45) is 0.811. The highest BCUT2D eigenvalue weighted by Gasteiger charge is 2.41. The summed E-state index contributed by atoms with van der Waals surface area (Å²) in [6.45, 7) is 0.520. The minimum atomic E-state index is -2.87. The minimum Gasteiger partial charge on any atom is -0.355 e. The molecule has 4 nitrogen and oxygen atoms in total. The van der Waals surface area contributed by atoms with E-state index in [1.54, 1.807) is 0 Å². The third-order valence-electron chi connectivity index (χ3n) is 2.26. The molecule has 0 heterocycles. The van der Waals surface area contributed by atoms with Gasteiger partial charge in [0.05, 0.1) is 0 Å². The van der Waals surface area contributed by atoms with Crippen molar-refractivity contribution in [3.63, 3.8) is 0 Å². The lowest BCUT2D eigenvalue weighted by atomic mass is 10.2. The van der Waals surface area contributed by atoms with Crippen LogP contribution in [-0.4, -0.2) is 37.0 Å². The molecule has 1 aromatic carbocycles. The summed E-state index contributed by atoms with van der Waals surface area (Å²) < 4.78 is 21.0. The molecular weight excluding hydrogens is 224 g/mol. The standard InChI is InChI=1S/C11H18O4Si/c1-12-16(13-2,14-3)15-10-9-11-7-5-4-6-8-11/h4-8H,9-10H2,1-3H3. The van der Waals surface area contributed by atoms with Gasteiger partial charge in [-0.2, -0.15) is 0 Å². The Labute approximate surface area is 97.6 Å². The van der Waals surface area contributed by atoms with Crippen LogP contribution < -0.4 is 0 Å². The lowest BCUT2D eigenvalue weighted by Gasteiger charge is -2.22. The molecule has 16 heavy (non-hydrogen) atoms. The first-order valence-electron chi connectivity index (χ1n) is 5.09. The van der Waals surface area contributed by atoms with E-state index in [0.29, 0.717) is 6.61 Å². The van der Waals surface area contributed by atoms with E-state index in [1.807, 2.05) is 18.2 Å². The number of benzene rings is 1. The molecule has 0 unspecified atom stereocenters. The maximum absolute atomic E-state index is 5.55. The summed E-state index contributed by atoms with van der Waals surface area (Å²) >= 11 is 0. The summed E-state index contributed by atoms with van der Waals surface area (Å²) in [5, 5.41) is 0. The predicted octanol–water partition coefficient (Wildman–Crippen LogP) is 1.62. The second-order valence-corrected chi connectivity index (χ2v) is 5.71. The maximum Gasteiger partial charge on any atom is 0.678 e. The highest BCUT2D eigenvalue weighted by atomic mass is 28.4. The van der Waals surface area contributed by atoms with Gasteiger partial charge in [-0.05, 0) is 12.0 Å². The largest absolute Gasteiger partial charge is 0.678 e. The lowest BCUT2D eigenvalue weighted by Crippen LogP contribution is -2.46. The van der Waals surface area contributed by atoms with Crippen molar-refractivity contribution in [3.05, 3.63) is 35.9 Å². The summed E-state index contributed by atoms with van der Waals surface area (Å²) in [7, 11) is 1.72. The molecule has 0 radical (unpaired) electrons. The van der Waals surface area contributed by atoms with Crippen LogP contribution in [0.1, 0.15) is 5.56 Å². The van der Waals surface area contributed by atoms with Crippen molar-refractivity contribution >= 4 is 9.05 Å². The fourth-order valence-electron chi connectivity index (χ4n) is 1.37. The Balaban J connectivity index is 2.39. The molecule has 0 aliphatic rings. The molecule has 0 amide bonds. The van der Waals surface area contributed by atoms with E-state index in [2.05, 4.69) is 12.1 Å². The number of hydrogen-bond acceptors (Lipinski definition) is 4. The molecule has 90 valence electrons. The van der Waals surface area contributed by atoms with Crippen molar-refractivity contribution < 1.29 is 17.7 Å². The van der Waals surface area contributed by atoms with Crippen molar-refractivity contribution in [1.29, 1.82) is 0 Å². The topological polar surface area (TPSA) is 36.9 Å². The molecule has 1 aromatic rings. The van der Waals surface area contributed by atoms with Crippen molar-refractivity contribution in [2.75, 3.05) is 27.9 Å². The average Bonchev–Trinajstić information content (AvgIpc) is 2.37. The smallest absolute Gasteiger partial charge is 0.355 e. The Morgan fingerprint density at radius 1 is 0.938 bits per heavy atom. The van der Waals surface area contributed by atoms with Crippen LogP contribution in [0.15, 0.2) is 30.3 Å². The average molecular weight is 242 g/mol. The Morgan fingerprint density at radius 2 is 1.50 bits per heavy atom. The van der Waals surface area contributed by atoms with Crippen LogP contribution in [0.25, 0.3) is 0 Å². The van der Waals surface area contributed by atoms with Gasteiger partial charge >= 0.3 is 9.05 Å². The van der Waals surface area contributed by atoms with Gasteiger partial charge in [0.15, 0.2) is 0 Å². The van der Waals surface area contributed by atoms with Gasteiger partial charge in [-0.15, -0.1) is 0 Å². The highest BCUT2D eigenvalue weighted by molar-refractivity contribution is 6.53. The first kappa shape index (κ1) is 13.3. The Bertz CT molecular complexity index is 279. The van der Waals surface area contributed by atoms with Crippen LogP contribution in [0, 0.1) is 0 Å². The minimum absolute atomic E-state index is 0.520. The third-order valence-corrected chi connectivity index (χ3v) is 4.32. The predicted molar refractivity (Wildman–Crippen MR) is 62.9 cm³/mol. The molecule has 0 aliphatic heterocycles. The zero-order valence-electron chi connectivity index (χ0n) is 9.93. The molecule has 0 spiro atoms. The Hall–Kier alpha value is -0.723. The molecule has 0 saturated heterocycles. The van der Waals surface area contributed by atoms with Crippen LogP contribution in [0.3, 0.4) is 0 Å². The SMILES string of the molecule is CO[Si](OC)(OC)OCCc1ccccc1. The molecule has 0 aromatic heterocycles.